The molecule has 15 rings (SSSR count). The predicted octanol–water partition coefficient (Wildman–Crippen LogP) is 17.4. The quantitative estimate of drug-likeness (QED) is 0.00869. The van der Waals surface area contributed by atoms with Crippen molar-refractivity contribution in [3.8, 4) is 0 Å². The smallest absolute Gasteiger partial charge is 0.408 e. The number of alkyl carbamates (subject to hydrolysis) is 1. The number of ketones is 3. The van der Waals surface area contributed by atoms with Crippen molar-refractivity contribution in [1.29, 1.82) is 0 Å². The van der Waals surface area contributed by atoms with Crippen LogP contribution >= 0.6 is 81.2 Å². The summed E-state index contributed by atoms with van der Waals surface area (Å²) in [4.78, 5) is 110. The van der Waals surface area contributed by atoms with Gasteiger partial charge in [-0.2, -0.15) is 25.3 Å². The maximum Gasteiger partial charge on any atom is 0.408 e. The van der Waals surface area contributed by atoms with Crippen LogP contribution in [0.15, 0.2) is 110 Å². The maximum atomic E-state index is 14.0. The molecule has 1 amide bonds. The van der Waals surface area contributed by atoms with Gasteiger partial charge in [-0.3, -0.25) is 31.7 Å². The van der Waals surface area contributed by atoms with Crippen molar-refractivity contribution in [1.82, 2.24) is 35.2 Å². The number of amides is 1. The Hall–Kier alpha value is -8.73. The van der Waals surface area contributed by atoms with Crippen LogP contribution in [0.2, 0.25) is 15.1 Å². The maximum absolute atomic E-state index is 14.0. The zero-order valence-corrected chi connectivity index (χ0v) is 86.0. The number of nitrogens with zero attached hydrogens (tertiary/aromatic N) is 6. The lowest BCUT2D eigenvalue weighted by Crippen LogP contribution is -2.48. The number of fused-ring (bicyclic) bond motifs is 3. The number of aliphatic hydroxyl groups excluding tert-OH is 1. The third-order valence-corrected chi connectivity index (χ3v) is 30.5. The van der Waals surface area contributed by atoms with E-state index in [0.29, 0.717) is 112 Å². The molecule has 778 valence electrons. The largest absolute Gasteiger partial charge is 0.461 e. The lowest BCUT2D eigenvalue weighted by molar-refractivity contribution is -0.155. The van der Waals surface area contributed by atoms with Crippen LogP contribution in [0.4, 0.5) is 22.2 Å². The van der Waals surface area contributed by atoms with Crippen molar-refractivity contribution >= 4 is 165 Å². The van der Waals surface area contributed by atoms with E-state index in [1.807, 2.05) is 121 Å². The van der Waals surface area contributed by atoms with Crippen LogP contribution in [0.1, 0.15) is 258 Å². The van der Waals surface area contributed by atoms with E-state index in [9.17, 15) is 59.1 Å². The second kappa shape index (κ2) is 51.6. The van der Waals surface area contributed by atoms with E-state index in [-0.39, 0.29) is 157 Å². The number of nitrogens with two attached hydrogens (primary N) is 2. The summed E-state index contributed by atoms with van der Waals surface area (Å²) in [5, 5.41) is 29.8. The summed E-state index contributed by atoms with van der Waals surface area (Å²) in [7, 11) is -11.6. The summed E-state index contributed by atoms with van der Waals surface area (Å²) in [5.74, 6) is -2.82. The van der Waals surface area contributed by atoms with Crippen LogP contribution in [0, 0.1) is 50.4 Å². The van der Waals surface area contributed by atoms with Gasteiger partial charge < -0.3 is 60.5 Å². The number of aliphatic hydroxyl groups is 1. The first kappa shape index (κ1) is 119. The normalized spacial score (nSPS) is 21.5. The van der Waals surface area contributed by atoms with Crippen LogP contribution < -0.4 is 32.1 Å². The Morgan fingerprint density at radius 2 is 0.838 bits per heavy atom. The van der Waals surface area contributed by atoms with Gasteiger partial charge in [-0.05, 0) is 203 Å². The highest BCUT2D eigenvalue weighted by atomic mass is 35.5. The lowest BCUT2D eigenvalue weighted by atomic mass is 9.93. The topological polar surface area (TPSA) is 486 Å². The molecule has 0 spiro atoms. The average Bonchev–Trinajstić information content (AvgIpc) is 1.65. The number of esters is 2. The van der Waals surface area contributed by atoms with Crippen LogP contribution in [0.5, 0.6) is 0 Å². The third kappa shape index (κ3) is 31.0. The molecule has 16 atom stereocenters. The minimum atomic E-state index is -4.22. The Balaban J connectivity index is 0.000000259. The molecule has 44 heteroatoms. The first-order valence-electron chi connectivity index (χ1n) is 44.9. The molecule has 3 saturated carbocycles. The number of carbonyl (C=O) groups excluding carboxylic acids is 6. The minimum absolute atomic E-state index is 0. The third-order valence-electron chi connectivity index (χ3n) is 25.0. The SMILES string of the molecule is C.C.C.C.CC[C@H](C)[C@H](N)C(=O)O[C@H]1C[C@H](Nc2ncncc2C(=O)c2cc([C@@H]3OCCc4ccc(Cl)cc43)c(C)s2)C[C@@H]1COS(N)(=O)=O.CC[C@H](C)[C@H](NC(=O)OC(C)(C)C)C(=O)O[C@H]1C[C@H](Nc2ncncc2C(=O)c2cc([C@@H]3OCCc4ccc(Cl)cc43)c(C)s2)C[C@@H]1COS(C)(=O)=O.Cc1sc(C(=O)c2cncnc2N[C@@H]2C[C@H](COS(C)(=O)=O)[C@@H](O)C2)cc1[C@@H]1OCCc2ccc(Cl)cc21.Cl. The number of benzene rings is 3. The second-order valence-electron chi connectivity index (χ2n) is 36.2. The molecule has 0 radical (unpaired) electrons. The van der Waals surface area contributed by atoms with E-state index in [0.717, 1.165) is 90.9 Å². The number of ether oxygens (including phenoxy) is 6. The highest BCUT2D eigenvalue weighted by Crippen LogP contribution is 2.45. The van der Waals surface area contributed by atoms with Crippen molar-refractivity contribution in [3.63, 3.8) is 0 Å². The molecular weight excluding hydrogens is 2030 g/mol. The monoisotopic (exact) mass is 2160 g/mol. The zero-order chi connectivity index (χ0) is 98.9. The molecule has 6 aromatic heterocycles. The Kier molecular flexibility index (Phi) is 43.0. The standard InChI is InChI=1S/C37H47ClN4O9S2.C31H38ClN5O7S2.C26H28ClN3O6S2.4CH4.ClH/c1-8-20(2)31(42-36(45)51-37(4,5)6)35(44)50-29-15-25(13-23(29)18-49-53(7,46)47)41-34-28(17-39-19-40-34)32(43)30-16-26(21(3)52-30)33-27-14-24(38)10-9-22(27)11-12-48-33;1-4-16(2)27(33)31(39)44-25-11-21(9-19(25)14-43-46(34,40)41)37-30-24(13-35-15-36-30)28(38)26-12-22(17(3)45-26)29-23-10-20(32)6-5-18(23)7-8-42-29;1-14-19(25-20-8-17(27)4-3-15(20)5-6-35-25)10-23(37-14)24(32)21-11-28-13-29-26(21)30-18-7-16(22(31)9-18)12-36-38(2,33)34;;;;;/h9-10,14,16-17,19-20,23,25,29,31,33H,8,11-13,15,18H2,1-7H3,(H,42,45)(H,39,40,41);5-6,10,12-13,15-16,19,21,25,27,29H,4,7-9,11,14,33H2,1-3H3,(H2,34,40,41)(H,35,36,37);3-4,8,10-11,13,16,18,22,25,31H,5-7,9,12H2,1-2H3,(H,28,29,30);4*1H4;1H/t20-,23+,25+,29-,31-,33-;16-,19+,21+,25-,27-,29-;16-,18-,22+,25+;;;;;/m001...../s1. The first-order chi connectivity index (χ1) is 64.8. The zero-order valence-electron chi connectivity index (χ0n) is 78.0. The van der Waals surface area contributed by atoms with Gasteiger partial charge in [0.1, 0.15) is 84.6 Å². The van der Waals surface area contributed by atoms with Crippen molar-refractivity contribution in [3.05, 3.63) is 221 Å². The molecule has 0 unspecified atom stereocenters. The first-order valence-corrected chi connectivity index (χ1v) is 53.6. The molecule has 3 fully saturated rings. The molecule has 9 aromatic rings. The van der Waals surface area contributed by atoms with E-state index in [2.05, 4.69) is 51.2 Å². The molecule has 9 heterocycles. The summed E-state index contributed by atoms with van der Waals surface area (Å²) in [6.07, 6.45) is 12.1. The van der Waals surface area contributed by atoms with E-state index < -0.39 is 96.4 Å². The Labute approximate surface area is 865 Å². The summed E-state index contributed by atoms with van der Waals surface area (Å²) in [6.45, 7) is 19.6. The fourth-order valence-electron chi connectivity index (χ4n) is 17.5. The Bertz CT molecular complexity index is 6270. The van der Waals surface area contributed by atoms with Gasteiger partial charge in [-0.15, -0.1) is 46.4 Å². The van der Waals surface area contributed by atoms with Crippen molar-refractivity contribution in [2.24, 2.45) is 40.5 Å². The lowest BCUT2D eigenvalue weighted by Gasteiger charge is -2.28. The summed E-state index contributed by atoms with van der Waals surface area (Å²) >= 11 is 23.0. The Morgan fingerprint density at radius 3 is 1.18 bits per heavy atom. The fourth-order valence-corrected chi connectivity index (χ4v) is 22.3. The van der Waals surface area contributed by atoms with Gasteiger partial charge >= 0.3 is 28.3 Å². The second-order valence-corrected chi connectivity index (χ2v) is 45.7. The number of nitrogens with one attached hydrogen (secondary N) is 4. The number of rotatable bonds is 33. The van der Waals surface area contributed by atoms with Gasteiger partial charge in [0, 0.05) is 97.0 Å². The van der Waals surface area contributed by atoms with Crippen LogP contribution in [-0.2, 0) is 100 Å². The molecular formula is C98H130Cl4N12O22S6. The number of aryl methyl sites for hydroxylation is 3. The number of halogens is 4. The average molecular weight is 2160 g/mol. The van der Waals surface area contributed by atoms with Gasteiger partial charge in [-0.1, -0.05) is 123 Å². The summed E-state index contributed by atoms with van der Waals surface area (Å²) in [5.41, 5.74) is 15.4. The number of hydrogen-bond acceptors (Lipinski definition) is 35. The van der Waals surface area contributed by atoms with Gasteiger partial charge in [-0.25, -0.2) is 44.6 Å². The van der Waals surface area contributed by atoms with Gasteiger partial charge in [0.25, 0.3) is 20.2 Å². The molecule has 34 nitrogen and oxygen atoms in total. The van der Waals surface area contributed by atoms with Crippen LogP contribution in [0.3, 0.4) is 0 Å². The number of carbonyl (C=O) groups is 6. The molecule has 142 heavy (non-hydrogen) atoms. The van der Waals surface area contributed by atoms with Crippen LogP contribution in [0.25, 0.3) is 0 Å². The van der Waals surface area contributed by atoms with Crippen molar-refractivity contribution < 1.29 is 100 Å². The summed E-state index contributed by atoms with van der Waals surface area (Å²) < 4.78 is 120. The molecule has 3 aromatic carbocycles. The highest BCUT2D eigenvalue weighted by Gasteiger charge is 2.44. The van der Waals surface area contributed by atoms with Gasteiger partial charge in [0.2, 0.25) is 17.3 Å². The molecule has 0 bridgehead atoms. The minimum Gasteiger partial charge on any atom is -0.461 e. The number of aromatic nitrogens is 6. The number of anilines is 3. The molecule has 6 aliphatic rings. The van der Waals surface area contributed by atoms with Crippen molar-refractivity contribution in [2.75, 3.05) is 68.1 Å². The van der Waals surface area contributed by atoms with E-state index in [1.54, 1.807) is 20.8 Å². The summed E-state index contributed by atoms with van der Waals surface area (Å²) in [6, 6.07) is 20.2. The molecule has 3 aliphatic carbocycles. The molecule has 3 aliphatic heterocycles. The molecule has 0 saturated heterocycles. The number of thiophene rings is 3. The fraction of sp³-hybridized carbons (Fsp3) is 0.510. The highest BCUT2D eigenvalue weighted by molar-refractivity contribution is 7.86. The molecule has 9 N–H and O–H groups in total. The van der Waals surface area contributed by atoms with E-state index in [4.69, 9.17) is 86.6 Å². The van der Waals surface area contributed by atoms with Crippen LogP contribution in [-0.4, -0.2) is 202 Å². The van der Waals surface area contributed by atoms with E-state index in [1.165, 1.54) is 77.1 Å². The number of hydrogen-bond donors (Lipinski definition) is 7. The Morgan fingerprint density at radius 1 is 0.500 bits per heavy atom. The predicted molar refractivity (Wildman–Crippen MR) is 553 cm³/mol. The van der Waals surface area contributed by atoms with Gasteiger partial charge in [0.15, 0.2) is 0 Å². The van der Waals surface area contributed by atoms with Gasteiger partial charge in [0.05, 0.1) is 89.6 Å². The van der Waals surface area contributed by atoms with Crippen molar-refractivity contribution in [2.45, 2.75) is 242 Å². The van der Waals surface area contributed by atoms with E-state index >= 15 is 0 Å².